The molecule has 4 rings (SSSR count). The Labute approximate surface area is 196 Å². The topological polar surface area (TPSA) is 151 Å². The highest BCUT2D eigenvalue weighted by Gasteiger charge is 2.38. The minimum atomic E-state index is -0.675. The Morgan fingerprint density at radius 2 is 1.76 bits per heavy atom. The van der Waals surface area contributed by atoms with Gasteiger partial charge in [-0.25, -0.2) is 0 Å². The molecule has 1 aromatic carbocycles. The van der Waals surface area contributed by atoms with Gasteiger partial charge < -0.3 is 15.7 Å². The van der Waals surface area contributed by atoms with E-state index >= 15 is 0 Å². The van der Waals surface area contributed by atoms with E-state index in [9.17, 15) is 15.2 Å². The van der Waals surface area contributed by atoms with Crippen LogP contribution in [0.1, 0.15) is 47.2 Å². The lowest BCUT2D eigenvalue weighted by Crippen LogP contribution is -2.99. The van der Waals surface area contributed by atoms with Crippen molar-refractivity contribution in [3.8, 4) is 0 Å². The van der Waals surface area contributed by atoms with Gasteiger partial charge >= 0.3 is 0 Å². The van der Waals surface area contributed by atoms with Gasteiger partial charge in [-0.15, -0.1) is 5.11 Å². The van der Waals surface area contributed by atoms with Gasteiger partial charge in [0.15, 0.2) is 17.1 Å². The quantitative estimate of drug-likeness (QED) is 0.455. The second kappa shape index (κ2) is 8.65. The molecule has 3 N–H and O–H groups in total. The fourth-order valence-electron chi connectivity index (χ4n) is 3.66. The standard InChI is InChI=1S/C22H27N9O3/c1-12(2)18-28-31(34)21-16(17(22(4,5)6)27-29(18)21)24-25-19-15(13(3)26-30(19)33)20(32)23-14-10-8-7-9-11-14/h7-12,30-31H,1-6H3,(H,23,32). The van der Waals surface area contributed by atoms with Crippen molar-refractivity contribution < 1.29 is 15.1 Å². The van der Waals surface area contributed by atoms with Crippen LogP contribution in [0.25, 0.3) is 0 Å². The van der Waals surface area contributed by atoms with Crippen molar-refractivity contribution in [1.29, 1.82) is 0 Å². The van der Waals surface area contributed by atoms with E-state index in [0.717, 1.165) is 0 Å². The summed E-state index contributed by atoms with van der Waals surface area (Å²) in [5, 5.41) is 47.8. The fourth-order valence-corrected chi connectivity index (χ4v) is 3.66. The summed E-state index contributed by atoms with van der Waals surface area (Å²) in [6, 6.07) is 8.85. The molecule has 0 spiro atoms. The monoisotopic (exact) mass is 465 g/mol. The Balaban J connectivity index is 1.77. The fraction of sp³-hybridized carbons (Fsp3) is 0.364. The molecule has 2 aromatic rings. The molecule has 0 fully saturated rings. The Bertz CT molecular complexity index is 1250. The second-order valence-electron chi connectivity index (χ2n) is 9.38. The summed E-state index contributed by atoms with van der Waals surface area (Å²) in [5.41, 5.74) is 1.13. The van der Waals surface area contributed by atoms with Gasteiger partial charge in [-0.3, -0.25) is 4.79 Å². The predicted octanol–water partition coefficient (Wildman–Crippen LogP) is 1.73. The number of anilines is 1. The van der Waals surface area contributed by atoms with Gasteiger partial charge in [-0.1, -0.05) is 68.1 Å². The zero-order chi connectivity index (χ0) is 24.8. The minimum absolute atomic E-state index is 0.0316. The highest BCUT2D eigenvalue weighted by molar-refractivity contribution is 6.25. The maximum absolute atomic E-state index is 12.9. The maximum atomic E-state index is 12.9. The lowest BCUT2D eigenvalue weighted by Gasteiger charge is -2.16. The molecule has 0 saturated carbocycles. The van der Waals surface area contributed by atoms with E-state index in [1.54, 1.807) is 31.2 Å². The van der Waals surface area contributed by atoms with E-state index in [-0.39, 0.29) is 34.5 Å². The van der Waals surface area contributed by atoms with E-state index in [1.807, 2.05) is 40.7 Å². The zero-order valence-corrected chi connectivity index (χ0v) is 19.9. The van der Waals surface area contributed by atoms with Crippen molar-refractivity contribution in [2.45, 2.75) is 47.0 Å². The number of hydrogen-bond donors (Lipinski definition) is 3. The molecule has 1 amide bonds. The van der Waals surface area contributed by atoms with E-state index in [4.69, 9.17) is 0 Å². The first kappa shape index (κ1) is 23.6. The summed E-state index contributed by atoms with van der Waals surface area (Å²) in [5.74, 6) is -0.0426. The number of quaternary nitrogens is 2. The molecule has 12 nitrogen and oxygen atoms in total. The van der Waals surface area contributed by atoms with Crippen LogP contribution in [0.2, 0.25) is 0 Å². The average molecular weight is 466 g/mol. The summed E-state index contributed by atoms with van der Waals surface area (Å²) in [6.45, 7) is 11.2. The molecule has 12 heteroatoms. The molecule has 0 saturated heterocycles. The lowest BCUT2D eigenvalue weighted by molar-refractivity contribution is -0.811. The molecule has 2 aliphatic rings. The van der Waals surface area contributed by atoms with Crippen molar-refractivity contribution in [2.24, 2.45) is 26.3 Å². The predicted molar refractivity (Wildman–Crippen MR) is 127 cm³/mol. The molecule has 1 aromatic heterocycles. The number of carbonyl (C=O) groups is 1. The summed E-state index contributed by atoms with van der Waals surface area (Å²) < 4.78 is 1.50. The van der Waals surface area contributed by atoms with Crippen molar-refractivity contribution in [3.05, 3.63) is 57.8 Å². The van der Waals surface area contributed by atoms with Crippen LogP contribution in [0.15, 0.2) is 62.2 Å². The summed E-state index contributed by atoms with van der Waals surface area (Å²) in [6.07, 6.45) is 0. The number of carbonyl (C=O) groups excluding carboxylic acids is 1. The highest BCUT2D eigenvalue weighted by atomic mass is 16.5. The van der Waals surface area contributed by atoms with E-state index < -0.39 is 21.7 Å². The second-order valence-corrected chi connectivity index (χ2v) is 9.38. The molecule has 0 bridgehead atoms. The van der Waals surface area contributed by atoms with Gasteiger partial charge in [0.2, 0.25) is 0 Å². The van der Waals surface area contributed by atoms with Crippen LogP contribution in [0.4, 0.5) is 17.2 Å². The normalized spacial score (nSPS) is 20.3. The largest absolute Gasteiger partial charge is 0.600 e. The van der Waals surface area contributed by atoms with Crippen LogP contribution in [0.5, 0.6) is 0 Å². The molecular formula is C22H27N9O3. The number of azo groups is 1. The van der Waals surface area contributed by atoms with Gasteiger partial charge in [0.1, 0.15) is 11.4 Å². The molecule has 2 aliphatic heterocycles. The molecular weight excluding hydrogens is 438 g/mol. The van der Waals surface area contributed by atoms with Gasteiger partial charge in [-0.05, 0) is 19.1 Å². The third kappa shape index (κ3) is 4.19. The van der Waals surface area contributed by atoms with Crippen LogP contribution in [-0.4, -0.2) is 27.2 Å². The first-order chi connectivity index (χ1) is 16.0. The van der Waals surface area contributed by atoms with E-state index in [2.05, 4.69) is 30.8 Å². The molecule has 0 aliphatic carbocycles. The number of nitrogens with one attached hydrogen (secondary N) is 3. The number of amides is 1. The van der Waals surface area contributed by atoms with Crippen LogP contribution in [0, 0.1) is 16.3 Å². The first-order valence-electron chi connectivity index (χ1n) is 10.9. The van der Waals surface area contributed by atoms with E-state index in [1.165, 1.54) is 4.68 Å². The number of hydroxylamine groups is 1. The Morgan fingerprint density at radius 1 is 1.09 bits per heavy atom. The van der Waals surface area contributed by atoms with Gasteiger partial charge in [0.25, 0.3) is 17.5 Å². The Kier molecular flexibility index (Phi) is 6.00. The van der Waals surface area contributed by atoms with E-state index in [0.29, 0.717) is 17.2 Å². The number of benzene rings is 1. The summed E-state index contributed by atoms with van der Waals surface area (Å²) in [4.78, 5) is 12.9. The smallest absolute Gasteiger partial charge is 0.286 e. The maximum Gasteiger partial charge on any atom is 0.286 e. The van der Waals surface area contributed by atoms with Crippen molar-refractivity contribution in [2.75, 3.05) is 5.32 Å². The third-order valence-corrected chi connectivity index (χ3v) is 5.30. The number of fused-ring (bicyclic) bond motifs is 1. The van der Waals surface area contributed by atoms with Crippen LogP contribution >= 0.6 is 0 Å². The van der Waals surface area contributed by atoms with Gasteiger partial charge in [0, 0.05) is 17.0 Å². The lowest BCUT2D eigenvalue weighted by atomic mass is 9.91. The number of para-hydroxylation sites is 1. The van der Waals surface area contributed by atoms with Gasteiger partial charge in [0.05, 0.1) is 0 Å². The molecule has 0 radical (unpaired) electrons. The Morgan fingerprint density at radius 3 is 2.38 bits per heavy atom. The molecule has 2 unspecified atom stereocenters. The summed E-state index contributed by atoms with van der Waals surface area (Å²) in [7, 11) is 0. The molecule has 3 heterocycles. The zero-order valence-electron chi connectivity index (χ0n) is 19.9. The van der Waals surface area contributed by atoms with Crippen molar-refractivity contribution in [1.82, 2.24) is 9.78 Å². The number of rotatable bonds is 5. The number of aromatic nitrogens is 2. The minimum Gasteiger partial charge on any atom is -0.600 e. The van der Waals surface area contributed by atoms with Crippen LogP contribution < -0.4 is 15.7 Å². The molecule has 34 heavy (non-hydrogen) atoms. The van der Waals surface area contributed by atoms with Crippen LogP contribution in [-0.2, 0) is 10.2 Å². The SMILES string of the molecule is CC1=N[NH+]([O-])C(N=Nc2c(C(C)(C)C)nn3c2[NH+]([O-])N=C3C(C)C)=C1C(=O)Nc1ccccc1. The Hall–Kier alpha value is -3.58. The summed E-state index contributed by atoms with van der Waals surface area (Å²) >= 11 is 0. The van der Waals surface area contributed by atoms with Crippen molar-refractivity contribution in [3.63, 3.8) is 0 Å². The average Bonchev–Trinajstić information content (AvgIpc) is 3.38. The molecule has 178 valence electrons. The van der Waals surface area contributed by atoms with Gasteiger partial charge in [-0.2, -0.15) is 20.1 Å². The van der Waals surface area contributed by atoms with Crippen molar-refractivity contribution >= 4 is 34.6 Å². The number of hydrogen-bond acceptors (Lipinski definition) is 8. The highest BCUT2D eigenvalue weighted by Crippen LogP contribution is 2.37. The molecule has 2 atom stereocenters. The first-order valence-corrected chi connectivity index (χ1v) is 10.9. The number of nitrogens with zero attached hydrogens (tertiary/aromatic N) is 6. The van der Waals surface area contributed by atoms with Crippen LogP contribution in [0.3, 0.4) is 0 Å². The third-order valence-electron chi connectivity index (χ3n) is 5.30.